The fourth-order valence-electron chi connectivity index (χ4n) is 1.29. The Balaban J connectivity index is 2.34. The molecule has 1 heterocycles. The van der Waals surface area contributed by atoms with Crippen LogP contribution in [-0.2, 0) is 10.0 Å². The van der Waals surface area contributed by atoms with Crippen LogP contribution >= 0.6 is 27.3 Å². The van der Waals surface area contributed by atoms with E-state index in [0.29, 0.717) is 4.47 Å². The maximum absolute atomic E-state index is 13.6. The van der Waals surface area contributed by atoms with Crippen LogP contribution in [0.5, 0.6) is 0 Å². The van der Waals surface area contributed by atoms with Crippen LogP contribution in [0.25, 0.3) is 0 Å². The minimum atomic E-state index is -3.88. The van der Waals surface area contributed by atoms with Crippen molar-refractivity contribution in [3.8, 4) is 6.07 Å². The topological polar surface area (TPSA) is 70.0 Å². The number of nitriles is 1. The summed E-state index contributed by atoms with van der Waals surface area (Å²) in [6, 6.07) is 8.55. The standard InChI is InChI=1S/C11H6BrFN2O2S2/c12-7-1-3-10(9(13)5-7)15-19(16,17)11-4-2-8(6-14)18-11/h1-5,15H. The molecule has 2 rings (SSSR count). The molecule has 19 heavy (non-hydrogen) atoms. The van der Waals surface area contributed by atoms with Crippen LogP contribution in [-0.4, -0.2) is 8.42 Å². The van der Waals surface area contributed by atoms with E-state index in [0.717, 1.165) is 17.4 Å². The number of sulfonamides is 1. The van der Waals surface area contributed by atoms with E-state index < -0.39 is 15.8 Å². The fourth-order valence-corrected chi connectivity index (χ4v) is 3.80. The van der Waals surface area contributed by atoms with E-state index in [1.54, 1.807) is 0 Å². The first-order valence-corrected chi connectivity index (χ1v) is 7.99. The molecule has 1 aromatic heterocycles. The smallest absolute Gasteiger partial charge is 0.271 e. The molecule has 0 amide bonds. The second kappa shape index (κ2) is 5.28. The molecule has 0 atom stereocenters. The molecule has 0 aliphatic rings. The minimum Gasteiger partial charge on any atom is -0.276 e. The lowest BCUT2D eigenvalue weighted by Gasteiger charge is -2.07. The summed E-state index contributed by atoms with van der Waals surface area (Å²) < 4.78 is 40.1. The summed E-state index contributed by atoms with van der Waals surface area (Å²) in [6.45, 7) is 0. The van der Waals surface area contributed by atoms with Gasteiger partial charge in [0.05, 0.1) is 5.69 Å². The van der Waals surface area contributed by atoms with Gasteiger partial charge in [-0.2, -0.15) is 5.26 Å². The predicted molar refractivity (Wildman–Crippen MR) is 73.9 cm³/mol. The van der Waals surface area contributed by atoms with Gasteiger partial charge in [-0.25, -0.2) is 12.8 Å². The Labute approximate surface area is 121 Å². The van der Waals surface area contributed by atoms with Crippen molar-refractivity contribution in [3.05, 3.63) is 45.5 Å². The number of benzene rings is 1. The Morgan fingerprint density at radius 3 is 2.63 bits per heavy atom. The van der Waals surface area contributed by atoms with E-state index in [2.05, 4.69) is 20.7 Å². The largest absolute Gasteiger partial charge is 0.276 e. The molecular formula is C11H6BrFN2O2S2. The van der Waals surface area contributed by atoms with Crippen LogP contribution in [0.2, 0.25) is 0 Å². The van der Waals surface area contributed by atoms with E-state index in [-0.39, 0.29) is 14.8 Å². The summed E-state index contributed by atoms with van der Waals surface area (Å²) in [5.41, 5.74) is -0.143. The van der Waals surface area contributed by atoms with Gasteiger partial charge >= 0.3 is 0 Å². The van der Waals surface area contributed by atoms with Crippen molar-refractivity contribution in [2.24, 2.45) is 0 Å². The molecule has 4 nitrogen and oxygen atoms in total. The molecular weight excluding hydrogens is 355 g/mol. The van der Waals surface area contributed by atoms with Crippen molar-refractivity contribution in [3.63, 3.8) is 0 Å². The number of hydrogen-bond acceptors (Lipinski definition) is 4. The number of anilines is 1. The SMILES string of the molecule is N#Cc1ccc(S(=O)(=O)Nc2ccc(Br)cc2F)s1. The zero-order valence-electron chi connectivity index (χ0n) is 9.22. The minimum absolute atomic E-state index is 0.0358. The van der Waals surface area contributed by atoms with Gasteiger partial charge in [0.15, 0.2) is 0 Å². The fraction of sp³-hybridized carbons (Fsp3) is 0. The number of nitrogens with zero attached hydrogens (tertiary/aromatic N) is 1. The maximum Gasteiger partial charge on any atom is 0.271 e. The Morgan fingerprint density at radius 2 is 2.05 bits per heavy atom. The molecule has 1 N–H and O–H groups in total. The van der Waals surface area contributed by atoms with Gasteiger partial charge in [0.25, 0.3) is 10.0 Å². The van der Waals surface area contributed by atoms with Crippen LogP contribution in [0.15, 0.2) is 39.0 Å². The number of rotatable bonds is 3. The molecule has 0 saturated heterocycles. The lowest BCUT2D eigenvalue weighted by molar-refractivity contribution is 0.600. The van der Waals surface area contributed by atoms with Gasteiger partial charge in [-0.05, 0) is 30.3 Å². The number of thiophene rings is 1. The van der Waals surface area contributed by atoms with E-state index >= 15 is 0 Å². The third-order valence-electron chi connectivity index (χ3n) is 2.13. The highest BCUT2D eigenvalue weighted by atomic mass is 79.9. The van der Waals surface area contributed by atoms with Gasteiger partial charge in [-0.3, -0.25) is 4.72 Å². The van der Waals surface area contributed by atoms with Crippen LogP contribution in [0.3, 0.4) is 0 Å². The Kier molecular flexibility index (Phi) is 3.89. The summed E-state index contributed by atoms with van der Waals surface area (Å²) in [6.07, 6.45) is 0. The van der Waals surface area contributed by atoms with Crippen molar-refractivity contribution in [2.75, 3.05) is 4.72 Å². The second-order valence-electron chi connectivity index (χ2n) is 3.46. The van der Waals surface area contributed by atoms with Crippen molar-refractivity contribution in [2.45, 2.75) is 4.21 Å². The first-order chi connectivity index (χ1) is 8.92. The molecule has 2 aromatic rings. The molecule has 0 radical (unpaired) electrons. The number of nitrogens with one attached hydrogen (secondary N) is 1. The summed E-state index contributed by atoms with van der Waals surface area (Å²) >= 11 is 3.91. The highest BCUT2D eigenvalue weighted by Crippen LogP contribution is 2.26. The molecule has 0 aliphatic carbocycles. The van der Waals surface area contributed by atoms with Crippen molar-refractivity contribution < 1.29 is 12.8 Å². The summed E-state index contributed by atoms with van der Waals surface area (Å²) in [4.78, 5) is 0.275. The van der Waals surface area contributed by atoms with Crippen LogP contribution in [0, 0.1) is 17.1 Å². The highest BCUT2D eigenvalue weighted by molar-refractivity contribution is 9.10. The Morgan fingerprint density at radius 1 is 1.32 bits per heavy atom. The molecule has 0 bridgehead atoms. The molecule has 0 spiro atoms. The second-order valence-corrected chi connectivity index (χ2v) is 7.37. The number of halogens is 2. The number of hydrogen-bond donors (Lipinski definition) is 1. The molecule has 0 fully saturated rings. The van der Waals surface area contributed by atoms with Gasteiger partial charge in [0, 0.05) is 4.47 Å². The maximum atomic E-state index is 13.6. The Bertz CT molecular complexity index is 765. The van der Waals surface area contributed by atoms with Crippen molar-refractivity contribution >= 4 is 43.0 Å². The average Bonchev–Trinajstić information content (AvgIpc) is 2.82. The first kappa shape index (κ1) is 14.0. The normalized spacial score (nSPS) is 11.0. The van der Waals surface area contributed by atoms with Gasteiger partial charge in [-0.15, -0.1) is 11.3 Å². The third-order valence-corrected chi connectivity index (χ3v) is 5.47. The zero-order chi connectivity index (χ0) is 14.0. The van der Waals surface area contributed by atoms with Crippen LogP contribution in [0.1, 0.15) is 4.88 Å². The summed E-state index contributed by atoms with van der Waals surface area (Å²) in [5, 5.41) is 8.66. The van der Waals surface area contributed by atoms with Gasteiger partial charge in [-0.1, -0.05) is 15.9 Å². The Hall–Kier alpha value is -1.43. The van der Waals surface area contributed by atoms with E-state index in [4.69, 9.17) is 5.26 Å². The molecule has 0 saturated carbocycles. The van der Waals surface area contributed by atoms with Gasteiger partial charge in [0.1, 0.15) is 21.0 Å². The van der Waals surface area contributed by atoms with E-state index in [1.807, 2.05) is 6.07 Å². The lowest BCUT2D eigenvalue weighted by atomic mass is 10.3. The third kappa shape index (κ3) is 3.12. The van der Waals surface area contributed by atoms with E-state index in [9.17, 15) is 12.8 Å². The van der Waals surface area contributed by atoms with Crippen LogP contribution in [0.4, 0.5) is 10.1 Å². The molecule has 0 unspecified atom stereocenters. The zero-order valence-corrected chi connectivity index (χ0v) is 12.4. The van der Waals surface area contributed by atoms with Crippen molar-refractivity contribution in [1.29, 1.82) is 5.26 Å². The monoisotopic (exact) mass is 360 g/mol. The first-order valence-electron chi connectivity index (χ1n) is 4.90. The predicted octanol–water partition coefficient (Wildman–Crippen LogP) is 3.32. The van der Waals surface area contributed by atoms with Gasteiger partial charge in [0.2, 0.25) is 0 Å². The molecule has 8 heteroatoms. The van der Waals surface area contributed by atoms with Gasteiger partial charge < -0.3 is 0 Å². The molecule has 98 valence electrons. The summed E-state index contributed by atoms with van der Waals surface area (Å²) in [7, 11) is -3.88. The highest BCUT2D eigenvalue weighted by Gasteiger charge is 2.18. The van der Waals surface area contributed by atoms with E-state index in [1.165, 1.54) is 24.3 Å². The van der Waals surface area contributed by atoms with Crippen molar-refractivity contribution in [1.82, 2.24) is 0 Å². The quantitative estimate of drug-likeness (QED) is 0.912. The van der Waals surface area contributed by atoms with Crippen LogP contribution < -0.4 is 4.72 Å². The lowest BCUT2D eigenvalue weighted by Crippen LogP contribution is -2.12. The molecule has 0 aliphatic heterocycles. The molecule has 1 aromatic carbocycles. The summed E-state index contributed by atoms with van der Waals surface area (Å²) in [5.74, 6) is -0.685. The average molecular weight is 361 g/mol.